The molecule has 112 valence electrons. The quantitative estimate of drug-likeness (QED) is 0.881. The van der Waals surface area contributed by atoms with Crippen LogP contribution in [0.15, 0.2) is 36.8 Å². The number of aryl methyl sites for hydroxylation is 1. The van der Waals surface area contributed by atoms with Gasteiger partial charge in [0.05, 0.1) is 29.9 Å². The molecule has 1 aromatic heterocycles. The highest BCUT2D eigenvalue weighted by Crippen LogP contribution is 2.28. The predicted octanol–water partition coefficient (Wildman–Crippen LogP) is 3.51. The van der Waals surface area contributed by atoms with Crippen LogP contribution < -0.4 is 10.2 Å². The summed E-state index contributed by atoms with van der Waals surface area (Å²) in [5.41, 5.74) is 3.80. The highest BCUT2D eigenvalue weighted by atomic mass is 15.2. The van der Waals surface area contributed by atoms with Gasteiger partial charge in [0, 0.05) is 25.8 Å². The minimum Gasteiger partial charge on any atom is -0.378 e. The zero-order valence-electron chi connectivity index (χ0n) is 12.8. The highest BCUT2D eigenvalue weighted by molar-refractivity contribution is 5.70. The molecule has 4 nitrogen and oxygen atoms in total. The Hall–Kier alpha value is -1.97. The summed E-state index contributed by atoms with van der Waals surface area (Å²) in [5.74, 6) is 0. The van der Waals surface area contributed by atoms with Crippen molar-refractivity contribution in [2.45, 2.75) is 39.3 Å². The lowest BCUT2D eigenvalue weighted by Crippen LogP contribution is -2.19. The number of imidazole rings is 1. The normalized spacial score (nSPS) is 14.6. The third-order valence-corrected chi connectivity index (χ3v) is 4.07. The van der Waals surface area contributed by atoms with Gasteiger partial charge in [0.25, 0.3) is 0 Å². The molecule has 0 radical (unpaired) electrons. The third-order valence-electron chi connectivity index (χ3n) is 4.07. The van der Waals surface area contributed by atoms with Crippen molar-refractivity contribution in [3.8, 4) is 0 Å². The summed E-state index contributed by atoms with van der Waals surface area (Å²) in [4.78, 5) is 6.74. The molecule has 1 aromatic carbocycles. The van der Waals surface area contributed by atoms with Crippen molar-refractivity contribution < 1.29 is 0 Å². The number of para-hydroxylation sites is 2. The summed E-state index contributed by atoms with van der Waals surface area (Å²) in [6.07, 6.45) is 7.62. The van der Waals surface area contributed by atoms with Crippen LogP contribution >= 0.6 is 0 Å². The van der Waals surface area contributed by atoms with E-state index in [-0.39, 0.29) is 0 Å². The van der Waals surface area contributed by atoms with Crippen molar-refractivity contribution in [3.05, 3.63) is 42.5 Å². The van der Waals surface area contributed by atoms with Crippen molar-refractivity contribution in [3.63, 3.8) is 0 Å². The number of anilines is 2. The van der Waals surface area contributed by atoms with Gasteiger partial charge in [-0.1, -0.05) is 19.1 Å². The van der Waals surface area contributed by atoms with Gasteiger partial charge >= 0.3 is 0 Å². The van der Waals surface area contributed by atoms with Gasteiger partial charge in [0.1, 0.15) is 0 Å². The maximum absolute atomic E-state index is 4.27. The van der Waals surface area contributed by atoms with E-state index < -0.39 is 0 Å². The Morgan fingerprint density at radius 1 is 1.19 bits per heavy atom. The second kappa shape index (κ2) is 6.66. The van der Waals surface area contributed by atoms with Crippen LogP contribution in [-0.4, -0.2) is 22.6 Å². The summed E-state index contributed by atoms with van der Waals surface area (Å²) in [6, 6.07) is 8.62. The Labute approximate surface area is 126 Å². The Balaban J connectivity index is 1.71. The van der Waals surface area contributed by atoms with Crippen LogP contribution in [0.3, 0.4) is 0 Å². The number of hydrogen-bond acceptors (Lipinski definition) is 3. The minimum atomic E-state index is 0.824. The molecular formula is C17H24N4. The number of hydrogen-bond donors (Lipinski definition) is 1. The van der Waals surface area contributed by atoms with Gasteiger partial charge in [-0.3, -0.25) is 0 Å². The molecule has 0 aliphatic carbocycles. The van der Waals surface area contributed by atoms with Gasteiger partial charge in [0.2, 0.25) is 0 Å². The maximum Gasteiger partial charge on any atom is 0.0948 e. The van der Waals surface area contributed by atoms with Gasteiger partial charge in [-0.2, -0.15) is 0 Å². The van der Waals surface area contributed by atoms with E-state index >= 15 is 0 Å². The third kappa shape index (κ3) is 3.20. The topological polar surface area (TPSA) is 33.1 Å². The van der Waals surface area contributed by atoms with E-state index in [2.05, 4.69) is 51.0 Å². The molecule has 0 unspecified atom stereocenters. The van der Waals surface area contributed by atoms with Gasteiger partial charge in [0.15, 0.2) is 0 Å². The number of aromatic nitrogens is 2. The first-order chi connectivity index (χ1) is 10.4. The molecule has 0 atom stereocenters. The molecule has 1 aliphatic heterocycles. The summed E-state index contributed by atoms with van der Waals surface area (Å²) in [5, 5.41) is 3.59. The summed E-state index contributed by atoms with van der Waals surface area (Å²) in [6.45, 7) is 6.40. The van der Waals surface area contributed by atoms with E-state index in [1.54, 1.807) is 0 Å². The smallest absolute Gasteiger partial charge is 0.0948 e. The molecule has 2 heterocycles. The molecule has 0 spiro atoms. The first kappa shape index (κ1) is 14.0. The Morgan fingerprint density at radius 2 is 2.00 bits per heavy atom. The number of rotatable bonds is 6. The van der Waals surface area contributed by atoms with E-state index in [1.165, 1.54) is 43.0 Å². The lowest BCUT2D eigenvalue weighted by atomic mass is 10.2. The molecular weight excluding hydrogens is 260 g/mol. The molecule has 0 amide bonds. The first-order valence-corrected chi connectivity index (χ1v) is 7.95. The largest absolute Gasteiger partial charge is 0.378 e. The highest BCUT2D eigenvalue weighted by Gasteiger charge is 2.15. The van der Waals surface area contributed by atoms with Crippen LogP contribution in [0.4, 0.5) is 11.4 Å². The lowest BCUT2D eigenvalue weighted by Gasteiger charge is -2.22. The summed E-state index contributed by atoms with van der Waals surface area (Å²) < 4.78 is 2.23. The van der Waals surface area contributed by atoms with Gasteiger partial charge in [-0.15, -0.1) is 0 Å². The molecule has 0 saturated carbocycles. The summed E-state index contributed by atoms with van der Waals surface area (Å²) in [7, 11) is 0. The molecule has 1 aliphatic rings. The van der Waals surface area contributed by atoms with E-state index in [0.717, 1.165) is 19.5 Å². The minimum absolute atomic E-state index is 0.824. The molecule has 1 saturated heterocycles. The van der Waals surface area contributed by atoms with Crippen molar-refractivity contribution in [2.75, 3.05) is 23.3 Å². The second-order valence-electron chi connectivity index (χ2n) is 5.64. The zero-order chi connectivity index (χ0) is 14.5. The maximum atomic E-state index is 4.27. The number of benzene rings is 1. The van der Waals surface area contributed by atoms with Crippen molar-refractivity contribution in [1.29, 1.82) is 0 Å². The van der Waals surface area contributed by atoms with Crippen molar-refractivity contribution in [1.82, 2.24) is 9.55 Å². The Bertz CT molecular complexity index is 570. The van der Waals surface area contributed by atoms with E-state index in [0.29, 0.717) is 0 Å². The van der Waals surface area contributed by atoms with Crippen LogP contribution in [0.1, 0.15) is 31.9 Å². The second-order valence-corrected chi connectivity index (χ2v) is 5.64. The zero-order valence-corrected chi connectivity index (χ0v) is 12.8. The summed E-state index contributed by atoms with van der Waals surface area (Å²) >= 11 is 0. The van der Waals surface area contributed by atoms with Crippen molar-refractivity contribution in [2.24, 2.45) is 0 Å². The fourth-order valence-electron chi connectivity index (χ4n) is 2.98. The van der Waals surface area contributed by atoms with Crippen LogP contribution in [-0.2, 0) is 13.1 Å². The van der Waals surface area contributed by atoms with Crippen LogP contribution in [0, 0.1) is 0 Å². The van der Waals surface area contributed by atoms with Crippen LogP contribution in [0.2, 0.25) is 0 Å². The Kier molecular flexibility index (Phi) is 4.43. The molecule has 0 bridgehead atoms. The van der Waals surface area contributed by atoms with E-state index in [4.69, 9.17) is 0 Å². The molecule has 2 aromatic rings. The van der Waals surface area contributed by atoms with Gasteiger partial charge in [-0.05, 0) is 31.4 Å². The molecule has 4 heteroatoms. The standard InChI is InChI=1S/C17H24N4/c1-2-9-21-14-18-12-15(21)13-19-16-7-3-4-8-17(16)20-10-5-6-11-20/h3-4,7-8,12,14,19H,2,5-6,9-11,13H2,1H3. The monoisotopic (exact) mass is 284 g/mol. The predicted molar refractivity (Wildman–Crippen MR) is 87.7 cm³/mol. The Morgan fingerprint density at radius 3 is 2.81 bits per heavy atom. The van der Waals surface area contributed by atoms with Crippen LogP contribution in [0.25, 0.3) is 0 Å². The fraction of sp³-hybridized carbons (Fsp3) is 0.471. The number of nitrogens with zero attached hydrogens (tertiary/aromatic N) is 3. The lowest BCUT2D eigenvalue weighted by molar-refractivity contribution is 0.651. The SMILES string of the molecule is CCCn1cncc1CNc1ccccc1N1CCCC1. The molecule has 21 heavy (non-hydrogen) atoms. The van der Waals surface area contributed by atoms with Gasteiger partial charge in [-0.25, -0.2) is 4.98 Å². The van der Waals surface area contributed by atoms with E-state index in [9.17, 15) is 0 Å². The molecule has 1 fully saturated rings. The van der Waals surface area contributed by atoms with Gasteiger partial charge < -0.3 is 14.8 Å². The fourth-order valence-corrected chi connectivity index (χ4v) is 2.98. The number of nitrogens with one attached hydrogen (secondary N) is 1. The first-order valence-electron chi connectivity index (χ1n) is 7.95. The van der Waals surface area contributed by atoms with E-state index in [1.807, 2.05) is 12.5 Å². The average Bonchev–Trinajstić information content (AvgIpc) is 3.17. The molecule has 1 N–H and O–H groups in total. The molecule has 3 rings (SSSR count). The van der Waals surface area contributed by atoms with Crippen LogP contribution in [0.5, 0.6) is 0 Å². The average molecular weight is 284 g/mol. The van der Waals surface area contributed by atoms with Crippen molar-refractivity contribution >= 4 is 11.4 Å².